The van der Waals surface area contributed by atoms with Crippen LogP contribution < -0.4 is 15.2 Å². The number of hydrogen-bond donors (Lipinski definition) is 2. The van der Waals surface area contributed by atoms with Crippen molar-refractivity contribution >= 4 is 21.6 Å². The van der Waals surface area contributed by atoms with E-state index >= 15 is 0 Å². The fraction of sp³-hybridized carbons (Fsp3) is 0.364. The summed E-state index contributed by atoms with van der Waals surface area (Å²) in [6.45, 7) is 8.02. The fourth-order valence-electron chi connectivity index (χ4n) is 3.90. The van der Waals surface area contributed by atoms with Gasteiger partial charge < -0.3 is 9.15 Å². The highest BCUT2D eigenvalue weighted by atomic mass is 35.5. The molecule has 1 aromatic heterocycles. The molecule has 2 aromatic carbocycles. The van der Waals surface area contributed by atoms with Gasteiger partial charge in [0.25, 0.3) is 0 Å². The van der Waals surface area contributed by atoms with Gasteiger partial charge in [0.05, 0.1) is 7.11 Å². The van der Waals surface area contributed by atoms with Crippen molar-refractivity contribution in [2.24, 2.45) is 0 Å². The van der Waals surface area contributed by atoms with Crippen molar-refractivity contribution in [3.63, 3.8) is 0 Å². The Labute approximate surface area is 192 Å². The number of rotatable bonds is 8. The van der Waals surface area contributed by atoms with Gasteiger partial charge in [-0.05, 0) is 41.7 Å². The molecule has 0 radical (unpaired) electrons. The van der Waals surface area contributed by atoms with Gasteiger partial charge in [-0.1, -0.05) is 50.6 Å². The minimum absolute atomic E-state index is 0.0600. The molecule has 1 heterocycles. The zero-order valence-electron chi connectivity index (χ0n) is 18.5. The van der Waals surface area contributed by atoms with Crippen molar-refractivity contribution in [2.75, 3.05) is 7.11 Å². The van der Waals surface area contributed by atoms with Crippen molar-refractivity contribution in [3.05, 3.63) is 74.6 Å². The number of nitrogens with one attached hydrogen (secondary N) is 2. The van der Waals surface area contributed by atoms with Crippen molar-refractivity contribution in [2.45, 2.75) is 50.5 Å². The van der Waals surface area contributed by atoms with E-state index in [-0.39, 0.29) is 22.5 Å². The summed E-state index contributed by atoms with van der Waals surface area (Å²) in [7, 11) is -2.74. The molecule has 0 fully saturated rings. The van der Waals surface area contributed by atoms with Crippen LogP contribution in [0.4, 0.5) is 0 Å². The van der Waals surface area contributed by atoms with Crippen LogP contribution >= 0.6 is 11.6 Å². The van der Waals surface area contributed by atoms with Crippen molar-refractivity contribution in [1.82, 2.24) is 14.9 Å². The number of sulfonamides is 1. The van der Waals surface area contributed by atoms with Gasteiger partial charge in [0.1, 0.15) is 16.7 Å². The van der Waals surface area contributed by atoms with Gasteiger partial charge in [0, 0.05) is 17.0 Å². The number of aryl methyl sites for hydroxylation is 1. The van der Waals surface area contributed by atoms with E-state index in [9.17, 15) is 13.2 Å². The van der Waals surface area contributed by atoms with Gasteiger partial charge in [0.2, 0.25) is 15.9 Å². The molecule has 3 rings (SSSR count). The Hall–Kier alpha value is -2.62. The first-order valence-electron chi connectivity index (χ1n) is 10.1. The first kappa shape index (κ1) is 24.0. The topological polar surface area (TPSA) is 114 Å². The average molecular weight is 480 g/mol. The number of aromatic nitrogens is 2. The SMILES string of the molecule is COc1cc(Cl)ccc1S(=O)(=O)NC(c1n[nH]c(=O)o1)C(C)c1cccc(C)c1C(C)C. The van der Waals surface area contributed by atoms with Crippen LogP contribution in [0, 0.1) is 6.92 Å². The molecular formula is C22H26ClN3O5S. The molecule has 0 aliphatic carbocycles. The molecule has 10 heteroatoms. The second kappa shape index (κ2) is 9.48. The molecule has 2 unspecified atom stereocenters. The van der Waals surface area contributed by atoms with E-state index in [4.69, 9.17) is 20.8 Å². The molecule has 2 atom stereocenters. The average Bonchev–Trinajstić information content (AvgIpc) is 3.16. The molecule has 8 nitrogen and oxygen atoms in total. The first-order valence-corrected chi connectivity index (χ1v) is 11.9. The molecule has 0 bridgehead atoms. The minimum atomic E-state index is -4.10. The van der Waals surface area contributed by atoms with Crippen LogP contribution in [-0.2, 0) is 10.0 Å². The summed E-state index contributed by atoms with van der Waals surface area (Å²) < 4.78 is 39.7. The molecule has 32 heavy (non-hydrogen) atoms. The molecule has 2 N–H and O–H groups in total. The lowest BCUT2D eigenvalue weighted by Crippen LogP contribution is -2.33. The van der Waals surface area contributed by atoms with E-state index in [0.29, 0.717) is 5.02 Å². The van der Waals surface area contributed by atoms with Crippen molar-refractivity contribution in [1.29, 1.82) is 0 Å². The van der Waals surface area contributed by atoms with Gasteiger partial charge in [-0.2, -0.15) is 4.72 Å². The Balaban J connectivity index is 2.11. The first-order chi connectivity index (χ1) is 15.0. The Bertz CT molecular complexity index is 1270. The number of H-pyrrole nitrogens is 1. The van der Waals surface area contributed by atoms with Crippen LogP contribution in [0.15, 0.2) is 50.5 Å². The Morgan fingerprint density at radius 1 is 1.19 bits per heavy atom. The number of hydrogen-bond acceptors (Lipinski definition) is 6. The fourth-order valence-corrected chi connectivity index (χ4v) is 5.49. The Morgan fingerprint density at radius 3 is 2.50 bits per heavy atom. The molecule has 0 amide bonds. The second-order valence-corrected chi connectivity index (χ2v) is 9.99. The molecule has 0 aliphatic heterocycles. The van der Waals surface area contributed by atoms with E-state index in [1.54, 1.807) is 0 Å². The standard InChI is InChI=1S/C22H26ClN3O5S/c1-12(2)19-13(3)7-6-8-16(19)14(4)20(21-24-25-22(27)31-21)26-32(28,29)18-10-9-15(23)11-17(18)30-5/h6-12,14,20,26H,1-5H3,(H,25,27). The van der Waals surface area contributed by atoms with Gasteiger partial charge >= 0.3 is 5.76 Å². The normalized spacial score (nSPS) is 13.8. The summed E-state index contributed by atoms with van der Waals surface area (Å²) in [6, 6.07) is 9.15. The third-order valence-electron chi connectivity index (χ3n) is 5.34. The lowest BCUT2D eigenvalue weighted by Gasteiger charge is -2.27. The van der Waals surface area contributed by atoms with Crippen LogP contribution in [0.2, 0.25) is 5.02 Å². The number of aromatic amines is 1. The van der Waals surface area contributed by atoms with E-state index in [2.05, 4.69) is 28.8 Å². The smallest absolute Gasteiger partial charge is 0.434 e. The molecular weight excluding hydrogens is 454 g/mol. The van der Waals surface area contributed by atoms with E-state index < -0.39 is 27.7 Å². The lowest BCUT2D eigenvalue weighted by molar-refractivity contribution is 0.378. The monoisotopic (exact) mass is 479 g/mol. The molecule has 3 aromatic rings. The zero-order valence-corrected chi connectivity index (χ0v) is 20.0. The predicted molar refractivity (Wildman–Crippen MR) is 122 cm³/mol. The summed E-state index contributed by atoms with van der Waals surface area (Å²) in [6.07, 6.45) is 0. The number of methoxy groups -OCH3 is 1. The number of ether oxygens (including phenoxy) is 1. The molecule has 0 saturated heterocycles. The maximum atomic E-state index is 13.3. The summed E-state index contributed by atoms with van der Waals surface area (Å²) >= 11 is 5.98. The van der Waals surface area contributed by atoms with Crippen LogP contribution in [0.1, 0.15) is 61.2 Å². The number of benzene rings is 2. The zero-order chi connectivity index (χ0) is 23.6. The van der Waals surface area contributed by atoms with Gasteiger partial charge in [-0.15, -0.1) is 5.10 Å². The van der Waals surface area contributed by atoms with Crippen LogP contribution in [0.25, 0.3) is 0 Å². The number of halogens is 1. The Kier molecular flexibility index (Phi) is 7.12. The van der Waals surface area contributed by atoms with Crippen molar-refractivity contribution in [3.8, 4) is 5.75 Å². The minimum Gasteiger partial charge on any atom is -0.495 e. The van der Waals surface area contributed by atoms with Crippen LogP contribution in [-0.4, -0.2) is 25.7 Å². The second-order valence-electron chi connectivity index (χ2n) is 7.87. The third kappa shape index (κ3) is 4.90. The molecule has 0 saturated carbocycles. The van der Waals surface area contributed by atoms with Gasteiger partial charge in [0.15, 0.2) is 0 Å². The van der Waals surface area contributed by atoms with Gasteiger partial charge in [-0.25, -0.2) is 18.3 Å². The molecule has 0 spiro atoms. The third-order valence-corrected chi connectivity index (χ3v) is 7.06. The highest BCUT2D eigenvalue weighted by Gasteiger charge is 2.33. The maximum absolute atomic E-state index is 13.3. The summed E-state index contributed by atoms with van der Waals surface area (Å²) in [5, 5.41) is 6.46. The highest BCUT2D eigenvalue weighted by molar-refractivity contribution is 7.89. The highest BCUT2D eigenvalue weighted by Crippen LogP contribution is 2.37. The Morgan fingerprint density at radius 2 is 1.91 bits per heavy atom. The van der Waals surface area contributed by atoms with E-state index in [0.717, 1.165) is 16.7 Å². The molecule has 0 aliphatic rings. The lowest BCUT2D eigenvalue weighted by atomic mass is 9.83. The van der Waals surface area contributed by atoms with Gasteiger partial charge in [-0.3, -0.25) is 0 Å². The summed E-state index contributed by atoms with van der Waals surface area (Å²) in [5.74, 6) is -0.942. The number of nitrogens with zero attached hydrogens (tertiary/aromatic N) is 1. The quantitative estimate of drug-likeness (QED) is 0.498. The molecule has 172 valence electrons. The van der Waals surface area contributed by atoms with E-state index in [1.807, 2.05) is 32.0 Å². The van der Waals surface area contributed by atoms with E-state index in [1.165, 1.54) is 25.3 Å². The summed E-state index contributed by atoms with van der Waals surface area (Å²) in [5.41, 5.74) is 3.13. The van der Waals surface area contributed by atoms with Crippen LogP contribution in [0.3, 0.4) is 0 Å². The predicted octanol–water partition coefficient (Wildman–Crippen LogP) is 4.28. The summed E-state index contributed by atoms with van der Waals surface area (Å²) in [4.78, 5) is 11.6. The maximum Gasteiger partial charge on any atom is 0.434 e. The van der Waals surface area contributed by atoms with Crippen molar-refractivity contribution < 1.29 is 17.6 Å². The largest absolute Gasteiger partial charge is 0.495 e. The van der Waals surface area contributed by atoms with Crippen LogP contribution in [0.5, 0.6) is 5.75 Å².